The fourth-order valence-corrected chi connectivity index (χ4v) is 4.55. The Morgan fingerprint density at radius 3 is 0.861 bits per heavy atom. The van der Waals surface area contributed by atoms with Gasteiger partial charge in [-0.1, -0.05) is 70.8 Å². The van der Waals surface area contributed by atoms with Crippen LogP contribution in [0.15, 0.2) is 121 Å². The zero-order chi connectivity index (χ0) is 25.1. The fraction of sp³-hybridized carbons (Fsp3) is 0.118. The highest BCUT2D eigenvalue weighted by atomic mass is 15.2. The number of rotatable bonds is 6. The SMILES string of the molecule is Cc1ccc(N(c2ccc(C)cc2)c2ccc([NH+](c3ccc(C)cc3)c3ccc(C)cc3)cc2)cc1. The third-order valence-corrected chi connectivity index (χ3v) is 6.68. The molecule has 2 heteroatoms. The Balaban J connectivity index is 1.57. The summed E-state index contributed by atoms with van der Waals surface area (Å²) in [6, 6.07) is 44.1. The van der Waals surface area contributed by atoms with E-state index in [1.54, 1.807) is 0 Å². The minimum Gasteiger partial charge on any atom is -0.310 e. The van der Waals surface area contributed by atoms with Crippen LogP contribution in [-0.4, -0.2) is 0 Å². The van der Waals surface area contributed by atoms with Crippen molar-refractivity contribution in [2.75, 3.05) is 4.90 Å². The van der Waals surface area contributed by atoms with Crippen molar-refractivity contribution in [1.82, 2.24) is 0 Å². The third-order valence-electron chi connectivity index (χ3n) is 6.68. The van der Waals surface area contributed by atoms with Gasteiger partial charge in [0.1, 0.15) is 17.1 Å². The molecule has 178 valence electrons. The number of nitrogens with one attached hydrogen (secondary N) is 1. The molecule has 5 aromatic rings. The lowest BCUT2D eigenvalue weighted by molar-refractivity contribution is -0.681. The molecule has 5 aromatic carbocycles. The van der Waals surface area contributed by atoms with E-state index in [2.05, 4.69) is 154 Å². The van der Waals surface area contributed by atoms with Gasteiger partial charge in [-0.05, 0) is 64.1 Å². The molecule has 0 radical (unpaired) electrons. The van der Waals surface area contributed by atoms with E-state index in [0.717, 1.165) is 17.1 Å². The predicted octanol–water partition coefficient (Wildman–Crippen LogP) is 8.57. The first-order valence-electron chi connectivity index (χ1n) is 12.5. The summed E-state index contributed by atoms with van der Waals surface area (Å²) in [5.41, 5.74) is 12.2. The number of aryl methyl sites for hydroxylation is 4. The first kappa shape index (κ1) is 23.6. The minimum atomic E-state index is 1.14. The summed E-state index contributed by atoms with van der Waals surface area (Å²) in [7, 11) is 0. The molecule has 0 saturated heterocycles. The number of anilines is 3. The van der Waals surface area contributed by atoms with Gasteiger partial charge >= 0.3 is 0 Å². The molecule has 0 bridgehead atoms. The summed E-state index contributed by atoms with van der Waals surface area (Å²) in [5, 5.41) is 0. The Labute approximate surface area is 215 Å². The molecular weight excluding hydrogens is 436 g/mol. The van der Waals surface area contributed by atoms with Gasteiger partial charge in [0.15, 0.2) is 0 Å². The maximum Gasteiger partial charge on any atom is 0.141 e. The van der Waals surface area contributed by atoms with Gasteiger partial charge in [-0.15, -0.1) is 0 Å². The van der Waals surface area contributed by atoms with Gasteiger partial charge in [0.25, 0.3) is 0 Å². The Hall–Kier alpha value is -4.14. The molecule has 5 rings (SSSR count). The molecule has 0 aliphatic heterocycles. The van der Waals surface area contributed by atoms with Crippen molar-refractivity contribution in [3.8, 4) is 0 Å². The maximum atomic E-state index is 2.32. The molecular formula is C34H33N2+. The van der Waals surface area contributed by atoms with Crippen LogP contribution >= 0.6 is 0 Å². The average molecular weight is 470 g/mol. The number of hydrogen-bond donors (Lipinski definition) is 1. The molecule has 0 fully saturated rings. The Bertz CT molecular complexity index is 1210. The lowest BCUT2D eigenvalue weighted by Crippen LogP contribution is -2.96. The quantitative estimate of drug-likeness (QED) is 0.262. The van der Waals surface area contributed by atoms with Crippen molar-refractivity contribution in [2.24, 2.45) is 0 Å². The number of nitrogens with zero attached hydrogens (tertiary/aromatic N) is 1. The number of quaternary nitrogens is 1. The second-order valence-electron chi connectivity index (χ2n) is 9.66. The summed E-state index contributed by atoms with van der Waals surface area (Å²) in [5.74, 6) is 0. The molecule has 0 aromatic heterocycles. The largest absolute Gasteiger partial charge is 0.310 e. The Morgan fingerprint density at radius 2 is 0.556 bits per heavy atom. The first-order chi connectivity index (χ1) is 17.5. The Morgan fingerprint density at radius 1 is 0.333 bits per heavy atom. The smallest absolute Gasteiger partial charge is 0.141 e. The molecule has 0 saturated carbocycles. The molecule has 2 nitrogen and oxygen atoms in total. The maximum absolute atomic E-state index is 2.32. The highest BCUT2D eigenvalue weighted by molar-refractivity contribution is 5.77. The van der Waals surface area contributed by atoms with Gasteiger partial charge < -0.3 is 4.90 Å². The zero-order valence-electron chi connectivity index (χ0n) is 21.5. The second-order valence-corrected chi connectivity index (χ2v) is 9.66. The summed E-state index contributed by atoms with van der Waals surface area (Å²) in [6.07, 6.45) is 0. The summed E-state index contributed by atoms with van der Waals surface area (Å²) < 4.78 is 0. The molecule has 0 aliphatic rings. The Kier molecular flexibility index (Phi) is 6.71. The molecule has 0 heterocycles. The van der Waals surface area contributed by atoms with Gasteiger partial charge in [0.2, 0.25) is 0 Å². The van der Waals surface area contributed by atoms with Crippen LogP contribution in [0.1, 0.15) is 22.3 Å². The van der Waals surface area contributed by atoms with E-state index in [4.69, 9.17) is 0 Å². The zero-order valence-corrected chi connectivity index (χ0v) is 21.5. The van der Waals surface area contributed by atoms with Crippen LogP contribution < -0.4 is 9.80 Å². The van der Waals surface area contributed by atoms with Crippen molar-refractivity contribution < 1.29 is 4.90 Å². The lowest BCUT2D eigenvalue weighted by Gasteiger charge is -2.26. The van der Waals surface area contributed by atoms with Crippen LogP contribution in [0, 0.1) is 27.7 Å². The molecule has 0 spiro atoms. The van der Waals surface area contributed by atoms with Crippen LogP contribution in [0.4, 0.5) is 34.1 Å². The van der Waals surface area contributed by atoms with Crippen molar-refractivity contribution in [1.29, 1.82) is 0 Å². The van der Waals surface area contributed by atoms with Crippen molar-refractivity contribution >= 4 is 34.1 Å². The van der Waals surface area contributed by atoms with Crippen LogP contribution in [0.5, 0.6) is 0 Å². The van der Waals surface area contributed by atoms with Crippen molar-refractivity contribution in [3.63, 3.8) is 0 Å². The van der Waals surface area contributed by atoms with E-state index in [9.17, 15) is 0 Å². The van der Waals surface area contributed by atoms with Gasteiger partial charge in [0.05, 0.1) is 0 Å². The van der Waals surface area contributed by atoms with Crippen LogP contribution in [0.3, 0.4) is 0 Å². The fourth-order valence-electron chi connectivity index (χ4n) is 4.55. The molecule has 0 atom stereocenters. The van der Waals surface area contributed by atoms with Crippen LogP contribution in [0.25, 0.3) is 0 Å². The van der Waals surface area contributed by atoms with Gasteiger partial charge in [-0.3, -0.25) is 0 Å². The normalized spacial score (nSPS) is 11.0. The van der Waals surface area contributed by atoms with E-state index in [1.807, 2.05) is 0 Å². The van der Waals surface area contributed by atoms with Gasteiger partial charge in [0, 0.05) is 53.5 Å². The highest BCUT2D eigenvalue weighted by Gasteiger charge is 2.20. The third kappa shape index (κ3) is 5.10. The monoisotopic (exact) mass is 469 g/mol. The minimum absolute atomic E-state index is 1.14. The first-order valence-corrected chi connectivity index (χ1v) is 12.5. The lowest BCUT2D eigenvalue weighted by atomic mass is 10.1. The average Bonchev–Trinajstić information content (AvgIpc) is 2.90. The second kappa shape index (κ2) is 10.2. The topological polar surface area (TPSA) is 7.68 Å². The van der Waals surface area contributed by atoms with Crippen LogP contribution in [0.2, 0.25) is 0 Å². The van der Waals surface area contributed by atoms with Gasteiger partial charge in [-0.25, -0.2) is 4.90 Å². The number of benzene rings is 5. The van der Waals surface area contributed by atoms with Crippen LogP contribution in [-0.2, 0) is 0 Å². The number of hydrogen-bond acceptors (Lipinski definition) is 1. The van der Waals surface area contributed by atoms with E-state index in [1.165, 1.54) is 44.2 Å². The summed E-state index contributed by atoms with van der Waals surface area (Å²) >= 11 is 0. The highest BCUT2D eigenvalue weighted by Crippen LogP contribution is 2.35. The summed E-state index contributed by atoms with van der Waals surface area (Å²) in [4.78, 5) is 3.57. The van der Waals surface area contributed by atoms with E-state index in [-0.39, 0.29) is 0 Å². The van der Waals surface area contributed by atoms with Gasteiger partial charge in [-0.2, -0.15) is 0 Å². The molecule has 36 heavy (non-hydrogen) atoms. The molecule has 0 aliphatic carbocycles. The molecule has 0 unspecified atom stereocenters. The van der Waals surface area contributed by atoms with Crippen molar-refractivity contribution in [2.45, 2.75) is 27.7 Å². The van der Waals surface area contributed by atoms with E-state index in [0.29, 0.717) is 0 Å². The molecule has 0 amide bonds. The molecule has 1 N–H and O–H groups in total. The van der Waals surface area contributed by atoms with Crippen molar-refractivity contribution in [3.05, 3.63) is 144 Å². The van der Waals surface area contributed by atoms with E-state index >= 15 is 0 Å². The standard InChI is InChI=1S/C34H32N2/c1-25-5-13-29(14-6-25)35(30-15-7-26(2)8-16-30)33-21-23-34(24-22-33)36(31-17-9-27(3)10-18-31)32-19-11-28(4)12-20-32/h5-24H,1-4H3/p+1. The summed E-state index contributed by atoms with van der Waals surface area (Å²) in [6.45, 7) is 8.52. The predicted molar refractivity (Wildman–Crippen MR) is 153 cm³/mol. The van der Waals surface area contributed by atoms with E-state index < -0.39 is 0 Å².